The van der Waals surface area contributed by atoms with E-state index in [0.717, 1.165) is 5.56 Å². The van der Waals surface area contributed by atoms with Gasteiger partial charge in [0.25, 0.3) is 0 Å². The van der Waals surface area contributed by atoms with E-state index in [-0.39, 0.29) is 11.6 Å². The summed E-state index contributed by atoms with van der Waals surface area (Å²) < 4.78 is 1.87. The van der Waals surface area contributed by atoms with Crippen LogP contribution in [0.1, 0.15) is 32.4 Å². The van der Waals surface area contributed by atoms with Crippen LogP contribution in [0.25, 0.3) is 0 Å². The zero-order chi connectivity index (χ0) is 16.2. The molecule has 0 aliphatic carbocycles. The number of hydrogen-bond acceptors (Lipinski definition) is 2. The molecule has 2 aromatic rings. The number of hydrogen-bond donors (Lipinski definition) is 2. The van der Waals surface area contributed by atoms with Gasteiger partial charge in [-0.15, -0.1) is 0 Å². The second kappa shape index (κ2) is 6.83. The van der Waals surface area contributed by atoms with Crippen LogP contribution in [0.3, 0.4) is 0 Å². The fraction of sp³-hybridized carbons (Fsp3) is 0.375. The first-order chi connectivity index (χ1) is 10.3. The number of nitrogens with one attached hydrogen (secondary N) is 1. The van der Waals surface area contributed by atoms with Gasteiger partial charge in [0.2, 0.25) is 0 Å². The minimum absolute atomic E-state index is 0.0208. The van der Waals surface area contributed by atoms with Crippen molar-refractivity contribution in [2.24, 2.45) is 10.7 Å². The van der Waals surface area contributed by atoms with Crippen molar-refractivity contribution < 1.29 is 0 Å². The van der Waals surface area contributed by atoms with Gasteiger partial charge < -0.3 is 11.1 Å². The van der Waals surface area contributed by atoms with Gasteiger partial charge >= 0.3 is 0 Å². The third kappa shape index (κ3) is 4.77. The molecule has 118 valence electrons. The fourth-order valence-corrected chi connectivity index (χ4v) is 2.23. The van der Waals surface area contributed by atoms with Crippen LogP contribution in [0.4, 0.5) is 0 Å². The molecule has 3 N–H and O–H groups in total. The number of nitrogens with zero attached hydrogens (tertiary/aromatic N) is 3. The summed E-state index contributed by atoms with van der Waals surface area (Å²) in [5.74, 6) is 0.429. The van der Waals surface area contributed by atoms with E-state index in [4.69, 9.17) is 17.3 Å². The van der Waals surface area contributed by atoms with Crippen LogP contribution in [0.2, 0.25) is 5.02 Å². The molecule has 1 heterocycles. The summed E-state index contributed by atoms with van der Waals surface area (Å²) in [6.45, 7) is 6.62. The van der Waals surface area contributed by atoms with Gasteiger partial charge in [-0.05, 0) is 44.5 Å². The number of guanidine groups is 1. The molecule has 1 atom stereocenters. The van der Waals surface area contributed by atoms with Gasteiger partial charge in [-0.3, -0.25) is 9.67 Å². The van der Waals surface area contributed by atoms with E-state index in [9.17, 15) is 0 Å². The van der Waals surface area contributed by atoms with Crippen molar-refractivity contribution >= 4 is 17.6 Å². The van der Waals surface area contributed by atoms with Gasteiger partial charge in [0.05, 0.1) is 12.6 Å². The van der Waals surface area contributed by atoms with Crippen LogP contribution < -0.4 is 11.1 Å². The highest BCUT2D eigenvalue weighted by atomic mass is 35.5. The summed E-state index contributed by atoms with van der Waals surface area (Å²) in [5.41, 5.74) is 6.92. The summed E-state index contributed by atoms with van der Waals surface area (Å²) in [6, 6.07) is 9.58. The van der Waals surface area contributed by atoms with E-state index in [1.165, 1.54) is 0 Å². The Bertz CT molecular complexity index is 611. The van der Waals surface area contributed by atoms with E-state index in [2.05, 4.69) is 15.4 Å². The predicted molar refractivity (Wildman–Crippen MR) is 91.2 cm³/mol. The summed E-state index contributed by atoms with van der Waals surface area (Å²) in [5, 5.41) is 8.19. The SMILES string of the molecule is CC(C)(C)NC(N)=NCC(c1ccc(Cl)cc1)n1cccn1. The molecule has 0 aliphatic rings. The smallest absolute Gasteiger partial charge is 0.189 e. The lowest BCUT2D eigenvalue weighted by Crippen LogP contribution is -2.45. The Morgan fingerprint density at radius 2 is 2.05 bits per heavy atom. The highest BCUT2D eigenvalue weighted by Gasteiger charge is 2.15. The van der Waals surface area contributed by atoms with E-state index in [1.54, 1.807) is 6.20 Å². The summed E-state index contributed by atoms with van der Waals surface area (Å²) in [6.07, 6.45) is 3.67. The first-order valence-electron chi connectivity index (χ1n) is 7.18. The van der Waals surface area contributed by atoms with E-state index < -0.39 is 0 Å². The van der Waals surface area contributed by atoms with Crippen molar-refractivity contribution in [3.8, 4) is 0 Å². The van der Waals surface area contributed by atoms with Crippen LogP contribution in [-0.2, 0) is 0 Å². The molecule has 0 aliphatic heterocycles. The first kappa shape index (κ1) is 16.4. The monoisotopic (exact) mass is 319 g/mol. The Kier molecular flexibility index (Phi) is 5.08. The van der Waals surface area contributed by atoms with Crippen LogP contribution in [-0.4, -0.2) is 27.8 Å². The normalized spacial score (nSPS) is 13.9. The van der Waals surface area contributed by atoms with Crippen molar-refractivity contribution in [2.75, 3.05) is 6.54 Å². The topological polar surface area (TPSA) is 68.2 Å². The quantitative estimate of drug-likeness (QED) is 0.672. The number of aromatic nitrogens is 2. The Morgan fingerprint density at radius 3 is 2.59 bits per heavy atom. The second-order valence-electron chi connectivity index (χ2n) is 6.15. The number of nitrogens with two attached hydrogens (primary N) is 1. The Labute approximate surface area is 136 Å². The molecule has 0 spiro atoms. The van der Waals surface area contributed by atoms with Crippen LogP contribution in [0.5, 0.6) is 0 Å². The van der Waals surface area contributed by atoms with E-state index in [0.29, 0.717) is 17.5 Å². The average Bonchev–Trinajstić information content (AvgIpc) is 2.93. The lowest BCUT2D eigenvalue weighted by atomic mass is 10.1. The van der Waals surface area contributed by atoms with Crippen LogP contribution in [0.15, 0.2) is 47.7 Å². The third-order valence-electron chi connectivity index (χ3n) is 3.04. The number of halogens is 1. The maximum atomic E-state index is 5.96. The van der Waals surface area contributed by atoms with Gasteiger partial charge in [0, 0.05) is 23.0 Å². The molecule has 5 nitrogen and oxygen atoms in total. The summed E-state index contributed by atoms with van der Waals surface area (Å²) in [4.78, 5) is 4.45. The molecule has 2 rings (SSSR count). The minimum Gasteiger partial charge on any atom is -0.370 e. The Morgan fingerprint density at radius 1 is 1.36 bits per heavy atom. The molecular weight excluding hydrogens is 298 g/mol. The highest BCUT2D eigenvalue weighted by Crippen LogP contribution is 2.20. The molecule has 0 amide bonds. The maximum absolute atomic E-state index is 5.96. The number of aliphatic imine (C=N–C) groups is 1. The van der Waals surface area contributed by atoms with Crippen molar-refractivity contribution in [1.29, 1.82) is 0 Å². The van der Waals surface area contributed by atoms with E-state index >= 15 is 0 Å². The lowest BCUT2D eigenvalue weighted by Gasteiger charge is -2.22. The molecule has 0 fully saturated rings. The van der Waals surface area contributed by atoms with Crippen molar-refractivity contribution in [1.82, 2.24) is 15.1 Å². The molecule has 0 saturated carbocycles. The highest BCUT2D eigenvalue weighted by molar-refractivity contribution is 6.30. The molecule has 1 aromatic heterocycles. The van der Waals surface area contributed by atoms with Gasteiger partial charge in [0.1, 0.15) is 0 Å². The maximum Gasteiger partial charge on any atom is 0.189 e. The molecule has 0 saturated heterocycles. The summed E-state index contributed by atoms with van der Waals surface area (Å²) >= 11 is 5.96. The molecule has 0 bridgehead atoms. The Hall–Kier alpha value is -2.01. The molecular formula is C16H22ClN5. The fourth-order valence-electron chi connectivity index (χ4n) is 2.10. The van der Waals surface area contributed by atoms with Crippen LogP contribution >= 0.6 is 11.6 Å². The standard InChI is InChI=1S/C16H22ClN5/c1-16(2,3)21-15(18)19-11-14(22-10-4-9-20-22)12-5-7-13(17)8-6-12/h4-10,14H,11H2,1-3H3,(H3,18,19,21). The van der Waals surface area contributed by atoms with Crippen molar-refractivity contribution in [2.45, 2.75) is 32.4 Å². The largest absolute Gasteiger partial charge is 0.370 e. The van der Waals surface area contributed by atoms with Gasteiger partial charge in [0.15, 0.2) is 5.96 Å². The van der Waals surface area contributed by atoms with Gasteiger partial charge in [-0.2, -0.15) is 5.10 Å². The molecule has 22 heavy (non-hydrogen) atoms. The zero-order valence-electron chi connectivity index (χ0n) is 13.1. The van der Waals surface area contributed by atoms with Gasteiger partial charge in [-0.25, -0.2) is 0 Å². The number of rotatable bonds is 4. The summed E-state index contributed by atoms with van der Waals surface area (Å²) in [7, 11) is 0. The number of benzene rings is 1. The Balaban J connectivity index is 2.19. The second-order valence-corrected chi connectivity index (χ2v) is 6.59. The van der Waals surface area contributed by atoms with Gasteiger partial charge in [-0.1, -0.05) is 23.7 Å². The zero-order valence-corrected chi connectivity index (χ0v) is 13.9. The lowest BCUT2D eigenvalue weighted by molar-refractivity contribution is 0.501. The van der Waals surface area contributed by atoms with E-state index in [1.807, 2.05) is 62.0 Å². The molecule has 6 heteroatoms. The van der Waals surface area contributed by atoms with Crippen molar-refractivity contribution in [3.63, 3.8) is 0 Å². The average molecular weight is 320 g/mol. The molecule has 1 unspecified atom stereocenters. The third-order valence-corrected chi connectivity index (χ3v) is 3.29. The first-order valence-corrected chi connectivity index (χ1v) is 7.56. The van der Waals surface area contributed by atoms with Crippen LogP contribution in [0, 0.1) is 0 Å². The minimum atomic E-state index is -0.116. The molecule has 0 radical (unpaired) electrons. The molecule has 1 aromatic carbocycles. The predicted octanol–water partition coefficient (Wildman–Crippen LogP) is 2.83. The van der Waals surface area contributed by atoms with Crippen molar-refractivity contribution in [3.05, 3.63) is 53.3 Å².